The van der Waals surface area contributed by atoms with Crippen LogP contribution in [0, 0.1) is 0 Å². The highest BCUT2D eigenvalue weighted by Crippen LogP contribution is 2.37. The van der Waals surface area contributed by atoms with Gasteiger partial charge in [0.1, 0.15) is 6.33 Å². The summed E-state index contributed by atoms with van der Waals surface area (Å²) in [5.74, 6) is 2.21. The maximum atomic E-state index is 5.31. The van der Waals surface area contributed by atoms with Crippen LogP contribution in [0.25, 0.3) is 5.65 Å². The second-order valence-electron chi connectivity index (χ2n) is 4.68. The van der Waals surface area contributed by atoms with Crippen molar-refractivity contribution in [3.63, 3.8) is 0 Å². The van der Waals surface area contributed by atoms with Crippen LogP contribution in [-0.4, -0.2) is 47.4 Å². The standard InChI is InChI=1S/C15H16N6O3/c1-22-11-6-10(7-12(23-2)15(11)24-3)8-16-18-13-4-5-14-19-17-9-21(14)20-13/h4-9H,1-3H3,(H,18,20). The van der Waals surface area contributed by atoms with Crippen LogP contribution < -0.4 is 19.6 Å². The molecule has 1 N–H and O–H groups in total. The summed E-state index contributed by atoms with van der Waals surface area (Å²) in [4.78, 5) is 0. The van der Waals surface area contributed by atoms with Gasteiger partial charge in [-0.25, -0.2) is 0 Å². The molecule has 0 amide bonds. The summed E-state index contributed by atoms with van der Waals surface area (Å²) >= 11 is 0. The van der Waals surface area contributed by atoms with E-state index >= 15 is 0 Å². The third kappa shape index (κ3) is 3.05. The van der Waals surface area contributed by atoms with Crippen LogP contribution in [0.3, 0.4) is 0 Å². The highest BCUT2D eigenvalue weighted by atomic mass is 16.5. The predicted molar refractivity (Wildman–Crippen MR) is 88.1 cm³/mol. The molecule has 0 aliphatic carbocycles. The molecule has 3 rings (SSSR count). The van der Waals surface area contributed by atoms with Crippen molar-refractivity contribution in [3.05, 3.63) is 36.2 Å². The molecule has 0 unspecified atom stereocenters. The van der Waals surface area contributed by atoms with Crippen molar-refractivity contribution in [3.8, 4) is 17.2 Å². The van der Waals surface area contributed by atoms with Crippen molar-refractivity contribution < 1.29 is 14.2 Å². The fourth-order valence-corrected chi connectivity index (χ4v) is 2.14. The van der Waals surface area contributed by atoms with E-state index in [4.69, 9.17) is 14.2 Å². The van der Waals surface area contributed by atoms with E-state index < -0.39 is 0 Å². The minimum Gasteiger partial charge on any atom is -0.493 e. The number of benzene rings is 1. The van der Waals surface area contributed by atoms with Crippen molar-refractivity contribution in [2.45, 2.75) is 0 Å². The van der Waals surface area contributed by atoms with Gasteiger partial charge >= 0.3 is 0 Å². The summed E-state index contributed by atoms with van der Waals surface area (Å²) in [6.07, 6.45) is 3.14. The molecule has 24 heavy (non-hydrogen) atoms. The third-order valence-corrected chi connectivity index (χ3v) is 3.24. The Hall–Kier alpha value is -3.36. The van der Waals surface area contributed by atoms with Crippen LogP contribution >= 0.6 is 0 Å². The first kappa shape index (κ1) is 15.5. The number of fused-ring (bicyclic) bond motifs is 1. The molecule has 0 fully saturated rings. The summed E-state index contributed by atoms with van der Waals surface area (Å²) in [5, 5.41) is 16.1. The molecule has 2 aromatic heterocycles. The van der Waals surface area contributed by atoms with Gasteiger partial charge in [-0.3, -0.25) is 5.43 Å². The molecule has 0 radical (unpaired) electrons. The number of hydrogen-bond donors (Lipinski definition) is 1. The molecule has 0 aliphatic heterocycles. The number of ether oxygens (including phenoxy) is 3. The van der Waals surface area contributed by atoms with E-state index in [1.165, 1.54) is 6.33 Å². The van der Waals surface area contributed by atoms with Crippen molar-refractivity contribution in [1.82, 2.24) is 19.8 Å². The second-order valence-corrected chi connectivity index (χ2v) is 4.68. The van der Waals surface area contributed by atoms with E-state index in [1.807, 2.05) is 0 Å². The maximum absolute atomic E-state index is 5.31. The zero-order valence-corrected chi connectivity index (χ0v) is 13.4. The molecule has 0 saturated heterocycles. The number of nitrogens with one attached hydrogen (secondary N) is 1. The minimum absolute atomic E-state index is 0.532. The molecular weight excluding hydrogens is 312 g/mol. The van der Waals surface area contributed by atoms with E-state index in [2.05, 4.69) is 25.8 Å². The van der Waals surface area contributed by atoms with E-state index in [1.54, 1.807) is 56.3 Å². The summed E-state index contributed by atoms with van der Waals surface area (Å²) in [7, 11) is 4.69. The fraction of sp³-hybridized carbons (Fsp3) is 0.200. The highest BCUT2D eigenvalue weighted by molar-refractivity contribution is 5.83. The monoisotopic (exact) mass is 328 g/mol. The number of anilines is 1. The molecule has 124 valence electrons. The second kappa shape index (κ2) is 6.82. The van der Waals surface area contributed by atoms with Gasteiger partial charge in [0.25, 0.3) is 0 Å². The molecule has 0 saturated carbocycles. The van der Waals surface area contributed by atoms with Gasteiger partial charge in [0.15, 0.2) is 23.0 Å². The van der Waals surface area contributed by atoms with Crippen molar-refractivity contribution in [2.75, 3.05) is 26.8 Å². The average molecular weight is 328 g/mol. The smallest absolute Gasteiger partial charge is 0.203 e. The summed E-state index contributed by atoms with van der Waals surface area (Å²) in [5.41, 5.74) is 4.29. The topological polar surface area (TPSA) is 95.2 Å². The summed E-state index contributed by atoms with van der Waals surface area (Å²) < 4.78 is 17.5. The van der Waals surface area contributed by atoms with Crippen LogP contribution in [0.15, 0.2) is 35.7 Å². The minimum atomic E-state index is 0.532. The lowest BCUT2D eigenvalue weighted by molar-refractivity contribution is 0.324. The molecule has 0 atom stereocenters. The Morgan fingerprint density at radius 1 is 1.08 bits per heavy atom. The van der Waals surface area contributed by atoms with Gasteiger partial charge < -0.3 is 14.2 Å². The van der Waals surface area contributed by atoms with Gasteiger partial charge in [0, 0.05) is 5.56 Å². The Bertz CT molecular complexity index is 852. The summed E-state index contributed by atoms with van der Waals surface area (Å²) in [6, 6.07) is 7.14. The quantitative estimate of drug-likeness (QED) is 0.542. The Morgan fingerprint density at radius 2 is 1.83 bits per heavy atom. The largest absolute Gasteiger partial charge is 0.493 e. The van der Waals surface area contributed by atoms with Crippen LogP contribution in [-0.2, 0) is 0 Å². The number of rotatable bonds is 6. The van der Waals surface area contributed by atoms with E-state index in [9.17, 15) is 0 Å². The van der Waals surface area contributed by atoms with E-state index in [0.29, 0.717) is 28.7 Å². The van der Waals surface area contributed by atoms with Crippen molar-refractivity contribution in [2.24, 2.45) is 5.10 Å². The molecule has 0 aliphatic rings. The normalized spacial score (nSPS) is 11.0. The van der Waals surface area contributed by atoms with Gasteiger partial charge in [-0.2, -0.15) is 9.62 Å². The third-order valence-electron chi connectivity index (χ3n) is 3.24. The van der Waals surface area contributed by atoms with E-state index in [-0.39, 0.29) is 0 Å². The zero-order valence-electron chi connectivity index (χ0n) is 13.4. The number of nitrogens with zero attached hydrogens (tertiary/aromatic N) is 5. The molecule has 2 heterocycles. The van der Waals surface area contributed by atoms with Gasteiger partial charge in [-0.1, -0.05) is 0 Å². The molecule has 0 spiro atoms. The Balaban J connectivity index is 1.80. The molecule has 1 aromatic carbocycles. The van der Waals surface area contributed by atoms with Crippen molar-refractivity contribution in [1.29, 1.82) is 0 Å². The Kier molecular flexibility index (Phi) is 4.41. The van der Waals surface area contributed by atoms with E-state index in [0.717, 1.165) is 5.56 Å². The first-order valence-corrected chi connectivity index (χ1v) is 7.01. The molecule has 9 heteroatoms. The first-order valence-electron chi connectivity index (χ1n) is 7.01. The fourth-order valence-electron chi connectivity index (χ4n) is 2.14. The predicted octanol–water partition coefficient (Wildman–Crippen LogP) is 1.60. The highest BCUT2D eigenvalue weighted by Gasteiger charge is 2.12. The van der Waals surface area contributed by atoms with Crippen LogP contribution in [0.4, 0.5) is 5.82 Å². The number of hydrogen-bond acceptors (Lipinski definition) is 8. The molecule has 9 nitrogen and oxygen atoms in total. The lowest BCUT2D eigenvalue weighted by Gasteiger charge is -2.12. The Labute approximate surface area is 137 Å². The maximum Gasteiger partial charge on any atom is 0.203 e. The van der Waals surface area contributed by atoms with Gasteiger partial charge in [0.2, 0.25) is 5.75 Å². The lowest BCUT2D eigenvalue weighted by atomic mass is 10.2. The number of hydrazone groups is 1. The molecule has 0 bridgehead atoms. The van der Waals surface area contributed by atoms with Crippen LogP contribution in [0.1, 0.15) is 5.56 Å². The SMILES string of the molecule is COc1cc(C=NNc2ccc3nncn3n2)cc(OC)c1OC. The molecular formula is C15H16N6O3. The first-order chi connectivity index (χ1) is 11.7. The Morgan fingerprint density at radius 3 is 2.50 bits per heavy atom. The zero-order chi connectivity index (χ0) is 16.9. The van der Waals surface area contributed by atoms with Gasteiger partial charge in [-0.05, 0) is 24.3 Å². The van der Waals surface area contributed by atoms with Crippen LogP contribution in [0.5, 0.6) is 17.2 Å². The van der Waals surface area contributed by atoms with Gasteiger partial charge in [-0.15, -0.1) is 15.3 Å². The number of methoxy groups -OCH3 is 3. The van der Waals surface area contributed by atoms with Gasteiger partial charge in [0.05, 0.1) is 27.5 Å². The number of aromatic nitrogens is 4. The summed E-state index contributed by atoms with van der Waals surface area (Å²) in [6.45, 7) is 0. The van der Waals surface area contributed by atoms with Crippen LogP contribution in [0.2, 0.25) is 0 Å². The average Bonchev–Trinajstić information content (AvgIpc) is 3.08. The molecule has 3 aromatic rings. The van der Waals surface area contributed by atoms with Crippen molar-refractivity contribution >= 4 is 17.7 Å². The lowest BCUT2D eigenvalue weighted by Crippen LogP contribution is -1.99.